The summed E-state index contributed by atoms with van der Waals surface area (Å²) in [5.74, 6) is 1.03. The summed E-state index contributed by atoms with van der Waals surface area (Å²) in [5, 5.41) is 2.38. The van der Waals surface area contributed by atoms with Crippen molar-refractivity contribution in [3.63, 3.8) is 0 Å². The van der Waals surface area contributed by atoms with Gasteiger partial charge >= 0.3 is 0 Å². The summed E-state index contributed by atoms with van der Waals surface area (Å²) < 4.78 is 0. The molecule has 0 amide bonds. The van der Waals surface area contributed by atoms with Crippen molar-refractivity contribution in [1.82, 2.24) is 15.0 Å². The molecule has 3 nitrogen and oxygen atoms in total. The van der Waals surface area contributed by atoms with Crippen LogP contribution in [0.1, 0.15) is 50.8 Å². The van der Waals surface area contributed by atoms with Crippen molar-refractivity contribution >= 4 is 21.9 Å². The average Bonchev–Trinajstić information content (AvgIpc) is 2.67. The Kier molecular flexibility index (Phi) is 5.57. The highest BCUT2D eigenvalue weighted by molar-refractivity contribution is 5.79. The van der Waals surface area contributed by atoms with Gasteiger partial charge in [-0.1, -0.05) is 52.0 Å². The van der Waals surface area contributed by atoms with E-state index in [0.29, 0.717) is 11.8 Å². The largest absolute Gasteiger partial charge is 0.253 e. The Morgan fingerprint density at radius 3 is 2.23 bits per heavy atom. The van der Waals surface area contributed by atoms with E-state index in [4.69, 9.17) is 0 Å². The van der Waals surface area contributed by atoms with Gasteiger partial charge in [-0.2, -0.15) is 0 Å². The number of fused-ring (bicyclic) bond motifs is 2. The van der Waals surface area contributed by atoms with Crippen LogP contribution in [0.5, 0.6) is 0 Å². The summed E-state index contributed by atoms with van der Waals surface area (Å²) in [4.78, 5) is 13.0. The maximum atomic E-state index is 4.57. The summed E-state index contributed by atoms with van der Waals surface area (Å²) >= 11 is 0. The number of rotatable bonds is 2. The molecule has 4 rings (SSSR count). The van der Waals surface area contributed by atoms with Crippen molar-refractivity contribution < 1.29 is 0 Å². The lowest BCUT2D eigenvalue weighted by Gasteiger charge is -2.07. The van der Waals surface area contributed by atoms with Crippen LogP contribution in [-0.2, 0) is 0 Å². The van der Waals surface area contributed by atoms with Gasteiger partial charge in [-0.3, -0.25) is 4.98 Å². The Labute approximate surface area is 155 Å². The molecule has 0 bridgehead atoms. The number of para-hydroxylation sites is 1. The fourth-order valence-corrected chi connectivity index (χ4v) is 2.91. The Bertz CT molecular complexity index is 995. The van der Waals surface area contributed by atoms with E-state index in [1.165, 1.54) is 22.0 Å². The highest BCUT2D eigenvalue weighted by Crippen LogP contribution is 2.21. The second-order valence-electron chi connectivity index (χ2n) is 7.01. The molecule has 0 spiro atoms. The molecule has 1 aromatic carbocycles. The number of hydrogen-bond acceptors (Lipinski definition) is 3. The highest BCUT2D eigenvalue weighted by atomic mass is 14.8. The van der Waals surface area contributed by atoms with Gasteiger partial charge in [0.25, 0.3) is 0 Å². The minimum atomic E-state index is 0.504. The quantitative estimate of drug-likeness (QED) is 0.440. The van der Waals surface area contributed by atoms with E-state index in [1.807, 2.05) is 24.4 Å². The van der Waals surface area contributed by atoms with E-state index in [1.54, 1.807) is 6.20 Å². The van der Waals surface area contributed by atoms with E-state index >= 15 is 0 Å². The molecule has 0 saturated carbocycles. The van der Waals surface area contributed by atoms with Gasteiger partial charge in [0.05, 0.1) is 5.52 Å². The van der Waals surface area contributed by atoms with Crippen molar-refractivity contribution in [2.75, 3.05) is 0 Å². The van der Waals surface area contributed by atoms with E-state index in [9.17, 15) is 0 Å². The third kappa shape index (κ3) is 4.05. The van der Waals surface area contributed by atoms with Gasteiger partial charge in [0.2, 0.25) is 0 Å². The molecular weight excluding hydrogens is 318 g/mol. The van der Waals surface area contributed by atoms with Crippen LogP contribution in [0.3, 0.4) is 0 Å². The van der Waals surface area contributed by atoms with Crippen LogP contribution in [0.15, 0.2) is 67.0 Å². The maximum Gasteiger partial charge on any atom is 0.159 e. The summed E-state index contributed by atoms with van der Waals surface area (Å²) in [6.07, 6.45) is 3.60. The van der Waals surface area contributed by atoms with Crippen LogP contribution in [0.2, 0.25) is 0 Å². The zero-order valence-corrected chi connectivity index (χ0v) is 15.8. The highest BCUT2D eigenvalue weighted by Gasteiger charge is 2.04. The lowest BCUT2D eigenvalue weighted by Crippen LogP contribution is -1.92. The molecule has 0 atom stereocenters. The second kappa shape index (κ2) is 8.05. The standard InChI is InChI=1S/C12H13N.C11H12N2/c1-9(2)11-8-7-10-5-3-4-6-12(10)13-11;1-8(2)9-5-7-13-11-10(9)4-3-6-12-11/h3-9H,1-2H3;3-8H,1-2H3. The number of hydrogen-bond donors (Lipinski definition) is 0. The first-order valence-electron chi connectivity index (χ1n) is 9.11. The second-order valence-corrected chi connectivity index (χ2v) is 7.01. The molecular formula is C23H25N3. The molecule has 26 heavy (non-hydrogen) atoms. The lowest BCUT2D eigenvalue weighted by molar-refractivity contribution is 0.830. The zero-order chi connectivity index (χ0) is 18.5. The van der Waals surface area contributed by atoms with Crippen molar-refractivity contribution in [2.45, 2.75) is 39.5 Å². The van der Waals surface area contributed by atoms with Crippen molar-refractivity contribution in [3.8, 4) is 0 Å². The molecule has 0 radical (unpaired) electrons. The Hall–Kier alpha value is -2.81. The van der Waals surface area contributed by atoms with Gasteiger partial charge in [0.1, 0.15) is 0 Å². The molecule has 0 saturated heterocycles. The topological polar surface area (TPSA) is 38.7 Å². The van der Waals surface area contributed by atoms with Crippen molar-refractivity contribution in [1.29, 1.82) is 0 Å². The van der Waals surface area contributed by atoms with Crippen molar-refractivity contribution in [2.24, 2.45) is 0 Å². The minimum absolute atomic E-state index is 0.504. The molecule has 3 aromatic heterocycles. The average molecular weight is 343 g/mol. The van der Waals surface area contributed by atoms with E-state index in [0.717, 1.165) is 11.2 Å². The third-order valence-corrected chi connectivity index (χ3v) is 4.38. The number of benzene rings is 1. The summed E-state index contributed by atoms with van der Waals surface area (Å²) in [6, 6.07) is 18.5. The van der Waals surface area contributed by atoms with E-state index in [-0.39, 0.29) is 0 Å². The number of aromatic nitrogens is 3. The molecule has 0 N–H and O–H groups in total. The van der Waals surface area contributed by atoms with Crippen LogP contribution < -0.4 is 0 Å². The number of nitrogens with zero attached hydrogens (tertiary/aromatic N) is 3. The van der Waals surface area contributed by atoms with Gasteiger partial charge in [-0.25, -0.2) is 9.97 Å². The molecule has 0 aliphatic rings. The molecule has 0 fully saturated rings. The predicted octanol–water partition coefficient (Wildman–Crippen LogP) is 6.11. The molecule has 0 unspecified atom stereocenters. The fourth-order valence-electron chi connectivity index (χ4n) is 2.91. The first-order chi connectivity index (χ1) is 12.6. The maximum absolute atomic E-state index is 4.57. The minimum Gasteiger partial charge on any atom is -0.253 e. The SMILES string of the molecule is CC(C)c1ccc2ccccc2n1.CC(C)c1ccnc2ncccc12. The lowest BCUT2D eigenvalue weighted by atomic mass is 10.0. The number of pyridine rings is 3. The molecule has 4 aromatic rings. The third-order valence-electron chi connectivity index (χ3n) is 4.38. The monoisotopic (exact) mass is 343 g/mol. The van der Waals surface area contributed by atoms with Crippen LogP contribution in [0, 0.1) is 0 Å². The normalized spacial score (nSPS) is 11.0. The van der Waals surface area contributed by atoms with Gasteiger partial charge in [0, 0.05) is 28.9 Å². The van der Waals surface area contributed by atoms with Gasteiger partial charge in [-0.05, 0) is 47.7 Å². The van der Waals surface area contributed by atoms with Gasteiger partial charge < -0.3 is 0 Å². The Morgan fingerprint density at radius 2 is 1.46 bits per heavy atom. The first kappa shape index (κ1) is 18.0. The molecule has 0 aliphatic carbocycles. The summed E-state index contributed by atoms with van der Waals surface area (Å²) in [7, 11) is 0. The Morgan fingerprint density at radius 1 is 0.692 bits per heavy atom. The molecule has 132 valence electrons. The summed E-state index contributed by atoms with van der Waals surface area (Å²) in [5.41, 5.74) is 4.42. The summed E-state index contributed by atoms with van der Waals surface area (Å²) in [6.45, 7) is 8.69. The predicted molar refractivity (Wildman–Crippen MR) is 109 cm³/mol. The smallest absolute Gasteiger partial charge is 0.159 e. The van der Waals surface area contributed by atoms with Gasteiger partial charge in [0.15, 0.2) is 5.65 Å². The van der Waals surface area contributed by atoms with Crippen LogP contribution in [0.25, 0.3) is 21.9 Å². The van der Waals surface area contributed by atoms with Crippen LogP contribution in [-0.4, -0.2) is 15.0 Å². The molecule has 0 aliphatic heterocycles. The van der Waals surface area contributed by atoms with Crippen LogP contribution in [0.4, 0.5) is 0 Å². The van der Waals surface area contributed by atoms with E-state index < -0.39 is 0 Å². The zero-order valence-electron chi connectivity index (χ0n) is 15.8. The van der Waals surface area contributed by atoms with Gasteiger partial charge in [-0.15, -0.1) is 0 Å². The van der Waals surface area contributed by atoms with Crippen LogP contribution >= 0.6 is 0 Å². The first-order valence-corrected chi connectivity index (χ1v) is 9.11. The Balaban J connectivity index is 0.000000151. The van der Waals surface area contributed by atoms with Crippen molar-refractivity contribution in [3.05, 3.63) is 78.2 Å². The fraction of sp³-hybridized carbons (Fsp3) is 0.261. The molecule has 3 heterocycles. The molecule has 3 heteroatoms. The van der Waals surface area contributed by atoms with E-state index in [2.05, 4.69) is 79.0 Å².